The lowest BCUT2D eigenvalue weighted by atomic mass is 10.0. The van der Waals surface area contributed by atoms with Gasteiger partial charge in [-0.05, 0) is 107 Å². The molecule has 7 heteroatoms. The van der Waals surface area contributed by atoms with E-state index in [1.165, 1.54) is 12.8 Å². The first kappa shape index (κ1) is 28.9. The molecule has 2 heterocycles. The number of nitrogens with zero attached hydrogens (tertiary/aromatic N) is 2. The number of aromatic nitrogens is 1. The predicted molar refractivity (Wildman–Crippen MR) is 151 cm³/mol. The summed E-state index contributed by atoms with van der Waals surface area (Å²) < 4.78 is 9.67. The summed E-state index contributed by atoms with van der Waals surface area (Å²) in [7, 11) is 0. The van der Waals surface area contributed by atoms with Gasteiger partial charge in [0.25, 0.3) is 0 Å². The zero-order chi connectivity index (χ0) is 23.8. The lowest BCUT2D eigenvalue weighted by Gasteiger charge is -2.21. The number of ether oxygens (including phenoxy) is 1. The molecular weight excluding hydrogens is 580 g/mol. The van der Waals surface area contributed by atoms with Crippen molar-refractivity contribution in [3.63, 3.8) is 0 Å². The van der Waals surface area contributed by atoms with Crippen LogP contribution in [-0.4, -0.2) is 41.3 Å². The van der Waals surface area contributed by atoms with Gasteiger partial charge in [-0.15, -0.1) is 12.4 Å². The van der Waals surface area contributed by atoms with Crippen molar-refractivity contribution in [2.45, 2.75) is 52.9 Å². The number of carbonyl (C=O) groups is 1. The predicted octanol–water partition coefficient (Wildman–Crippen LogP) is 7.96. The topological polar surface area (TPSA) is 34.0 Å². The summed E-state index contributed by atoms with van der Waals surface area (Å²) in [4.78, 5) is 16.1. The number of ketones is 1. The van der Waals surface area contributed by atoms with Gasteiger partial charge in [0.05, 0.1) is 21.2 Å². The van der Waals surface area contributed by atoms with E-state index in [-0.39, 0.29) is 18.2 Å². The third-order valence-electron chi connectivity index (χ3n) is 5.70. The molecule has 0 atom stereocenters. The van der Waals surface area contributed by atoms with Gasteiger partial charge in [0, 0.05) is 23.8 Å². The normalized spacial score (nSPS) is 11.1. The first-order valence-corrected chi connectivity index (χ1v) is 13.6. The van der Waals surface area contributed by atoms with Crippen LogP contribution in [0.15, 0.2) is 51.5 Å². The van der Waals surface area contributed by atoms with Gasteiger partial charge >= 0.3 is 0 Å². The Hall–Kier alpha value is -1.34. The van der Waals surface area contributed by atoms with Gasteiger partial charge in [0.1, 0.15) is 5.75 Å². The Bertz CT molecular complexity index is 1050. The van der Waals surface area contributed by atoms with Crippen LogP contribution in [0.1, 0.15) is 68.1 Å². The zero-order valence-corrected chi connectivity index (χ0v) is 24.3. The van der Waals surface area contributed by atoms with Gasteiger partial charge < -0.3 is 14.0 Å². The number of hydrogen-bond donors (Lipinski definition) is 0. The van der Waals surface area contributed by atoms with Crippen LogP contribution < -0.4 is 4.74 Å². The average molecular weight is 615 g/mol. The summed E-state index contributed by atoms with van der Waals surface area (Å²) in [6.07, 6.45) is 7.14. The molecule has 0 amide bonds. The number of benzene rings is 1. The van der Waals surface area contributed by atoms with Gasteiger partial charge in [-0.2, -0.15) is 0 Å². The highest BCUT2D eigenvalue weighted by molar-refractivity contribution is 9.11. The van der Waals surface area contributed by atoms with E-state index in [1.807, 2.05) is 40.9 Å². The van der Waals surface area contributed by atoms with Gasteiger partial charge in [-0.1, -0.05) is 33.3 Å². The SMILES string of the molecule is CCCc1cc2ccccn2c1C(=O)c1cc(Br)c(OCCCN(CCC)CCC)c(Br)c1.Cl. The molecule has 34 heavy (non-hydrogen) atoms. The first-order chi connectivity index (χ1) is 16.0. The lowest BCUT2D eigenvalue weighted by molar-refractivity contribution is 0.103. The minimum Gasteiger partial charge on any atom is -0.491 e. The summed E-state index contributed by atoms with van der Waals surface area (Å²) >= 11 is 7.27. The van der Waals surface area contributed by atoms with Crippen LogP contribution in [0.4, 0.5) is 0 Å². The molecule has 3 aromatic rings. The maximum atomic E-state index is 13.6. The number of hydrogen-bond acceptors (Lipinski definition) is 3. The Morgan fingerprint density at radius 1 is 0.971 bits per heavy atom. The standard InChI is InChI=1S/C27H34Br2N2O2.ClH/c1-4-10-20-17-22-11-7-8-15-31(22)25(20)26(32)21-18-23(28)27(24(29)19-21)33-16-9-14-30(12-5-2)13-6-3;/h7-8,11,15,17-19H,4-6,9-10,12-14,16H2,1-3H3;1H. The van der Waals surface area contributed by atoms with Crippen LogP contribution in [0.2, 0.25) is 0 Å². The summed E-state index contributed by atoms with van der Waals surface area (Å²) in [5.74, 6) is 0.769. The van der Waals surface area contributed by atoms with Crippen LogP contribution in [0.25, 0.3) is 5.52 Å². The highest BCUT2D eigenvalue weighted by Crippen LogP contribution is 2.36. The van der Waals surface area contributed by atoms with Crippen molar-refractivity contribution in [3.05, 3.63) is 68.4 Å². The maximum Gasteiger partial charge on any atom is 0.210 e. The molecule has 4 nitrogen and oxygen atoms in total. The number of halogens is 3. The lowest BCUT2D eigenvalue weighted by Crippen LogP contribution is -2.27. The van der Waals surface area contributed by atoms with Crippen LogP contribution in [-0.2, 0) is 6.42 Å². The Morgan fingerprint density at radius 3 is 2.26 bits per heavy atom. The quantitative estimate of drug-likeness (QED) is 0.145. The molecule has 0 radical (unpaired) electrons. The molecule has 0 aliphatic carbocycles. The molecule has 3 rings (SSSR count). The van der Waals surface area contributed by atoms with Gasteiger partial charge in [-0.25, -0.2) is 0 Å². The number of fused-ring (bicyclic) bond motifs is 1. The zero-order valence-electron chi connectivity index (χ0n) is 20.3. The van der Waals surface area contributed by atoms with Crippen molar-refractivity contribution in [3.8, 4) is 5.75 Å². The highest BCUT2D eigenvalue weighted by Gasteiger charge is 2.21. The largest absolute Gasteiger partial charge is 0.491 e. The van der Waals surface area contributed by atoms with Crippen LogP contribution >= 0.6 is 44.3 Å². The molecule has 0 saturated heterocycles. The molecule has 0 bridgehead atoms. The van der Waals surface area contributed by atoms with Crippen molar-refractivity contribution in [1.29, 1.82) is 0 Å². The monoisotopic (exact) mass is 612 g/mol. The second-order valence-electron chi connectivity index (χ2n) is 8.41. The van der Waals surface area contributed by atoms with Crippen molar-refractivity contribution < 1.29 is 9.53 Å². The molecule has 186 valence electrons. The van der Waals surface area contributed by atoms with Gasteiger partial charge in [0.2, 0.25) is 5.78 Å². The number of aryl methyl sites for hydroxylation is 1. The Balaban J connectivity index is 0.00000408. The van der Waals surface area contributed by atoms with E-state index in [0.717, 1.165) is 70.4 Å². The van der Waals surface area contributed by atoms with E-state index in [2.05, 4.69) is 63.6 Å². The fourth-order valence-electron chi connectivity index (χ4n) is 4.29. The minimum absolute atomic E-state index is 0. The smallest absolute Gasteiger partial charge is 0.210 e. The Morgan fingerprint density at radius 2 is 1.65 bits per heavy atom. The molecule has 0 spiro atoms. The minimum atomic E-state index is 0. The number of rotatable bonds is 13. The fraction of sp³-hybridized carbons (Fsp3) is 0.444. The molecule has 2 aromatic heterocycles. The third-order valence-corrected chi connectivity index (χ3v) is 6.88. The van der Waals surface area contributed by atoms with Crippen LogP contribution in [0.5, 0.6) is 5.75 Å². The van der Waals surface area contributed by atoms with Gasteiger partial charge in [-0.3, -0.25) is 4.79 Å². The fourth-order valence-corrected chi connectivity index (χ4v) is 5.71. The van der Waals surface area contributed by atoms with E-state index < -0.39 is 0 Å². The summed E-state index contributed by atoms with van der Waals surface area (Å²) in [5, 5.41) is 0. The summed E-state index contributed by atoms with van der Waals surface area (Å²) in [6, 6.07) is 11.9. The van der Waals surface area contributed by atoms with E-state index in [0.29, 0.717) is 12.2 Å². The molecular formula is C27H35Br2ClN2O2. The van der Waals surface area contributed by atoms with Crippen molar-refractivity contribution >= 4 is 55.6 Å². The molecule has 0 aliphatic rings. The summed E-state index contributed by atoms with van der Waals surface area (Å²) in [5.41, 5.74) is 3.51. The van der Waals surface area contributed by atoms with Crippen molar-refractivity contribution in [2.75, 3.05) is 26.2 Å². The maximum absolute atomic E-state index is 13.6. The van der Waals surface area contributed by atoms with Crippen molar-refractivity contribution in [1.82, 2.24) is 9.30 Å². The molecule has 0 N–H and O–H groups in total. The Labute approximate surface area is 226 Å². The Kier molecular flexibility index (Phi) is 12.1. The highest BCUT2D eigenvalue weighted by atomic mass is 79.9. The molecule has 0 saturated carbocycles. The molecule has 0 fully saturated rings. The van der Waals surface area contributed by atoms with Gasteiger partial charge in [0.15, 0.2) is 0 Å². The third kappa shape index (κ3) is 7.09. The molecule has 0 aliphatic heterocycles. The van der Waals surface area contributed by atoms with Crippen LogP contribution in [0, 0.1) is 0 Å². The number of pyridine rings is 1. The van der Waals surface area contributed by atoms with E-state index in [4.69, 9.17) is 4.74 Å². The summed E-state index contributed by atoms with van der Waals surface area (Å²) in [6.45, 7) is 10.5. The van der Waals surface area contributed by atoms with E-state index in [1.54, 1.807) is 0 Å². The first-order valence-electron chi connectivity index (χ1n) is 12.0. The van der Waals surface area contributed by atoms with Crippen molar-refractivity contribution in [2.24, 2.45) is 0 Å². The molecule has 0 unspecified atom stereocenters. The average Bonchev–Trinajstić information content (AvgIpc) is 3.15. The second kappa shape index (κ2) is 14.3. The number of carbonyl (C=O) groups excluding carboxylic acids is 1. The van der Waals surface area contributed by atoms with Crippen LogP contribution in [0.3, 0.4) is 0 Å². The van der Waals surface area contributed by atoms with E-state index >= 15 is 0 Å². The second-order valence-corrected chi connectivity index (χ2v) is 10.1. The van der Waals surface area contributed by atoms with E-state index in [9.17, 15) is 4.79 Å². The molecule has 1 aromatic carbocycles.